The van der Waals surface area contributed by atoms with Crippen LogP contribution in [0, 0.1) is 0 Å². The average molecular weight is 434 g/mol. The Balaban J connectivity index is 2.28. The van der Waals surface area contributed by atoms with Gasteiger partial charge in [-0.15, -0.1) is 0 Å². The molecular weight excluding hydrogens is 422 g/mol. The molecule has 1 aromatic carbocycles. The summed E-state index contributed by atoms with van der Waals surface area (Å²) in [6, 6.07) is 10.4. The maximum atomic E-state index is 4.06. The highest BCUT2D eigenvalue weighted by Gasteiger charge is 2.20. The number of rotatable bonds is 3. The SMILES string of the molecule is CC(c1ccncc1)C(Br)c1ccc(Br)cc1Br. The van der Waals surface area contributed by atoms with Gasteiger partial charge in [0.05, 0.1) is 0 Å². The van der Waals surface area contributed by atoms with Crippen molar-refractivity contribution in [2.75, 3.05) is 0 Å². The first-order valence-electron chi connectivity index (χ1n) is 5.58. The fourth-order valence-electron chi connectivity index (χ4n) is 1.83. The third-order valence-electron chi connectivity index (χ3n) is 2.93. The molecule has 0 spiro atoms. The summed E-state index contributed by atoms with van der Waals surface area (Å²) < 4.78 is 2.19. The molecule has 0 N–H and O–H groups in total. The first kappa shape index (κ1) is 14.2. The number of alkyl halides is 1. The van der Waals surface area contributed by atoms with Crippen LogP contribution in [0.1, 0.15) is 28.8 Å². The summed E-state index contributed by atoms with van der Waals surface area (Å²) in [5.74, 6) is 0.380. The minimum absolute atomic E-state index is 0.266. The molecule has 0 aliphatic heterocycles. The van der Waals surface area contributed by atoms with Crippen molar-refractivity contribution in [3.8, 4) is 0 Å². The van der Waals surface area contributed by atoms with Crippen molar-refractivity contribution < 1.29 is 0 Å². The Bertz CT molecular complexity index is 528. The Labute approximate surface area is 132 Å². The van der Waals surface area contributed by atoms with E-state index in [2.05, 4.69) is 90.0 Å². The van der Waals surface area contributed by atoms with Crippen LogP contribution in [-0.4, -0.2) is 4.98 Å². The lowest BCUT2D eigenvalue weighted by molar-refractivity contribution is 0.747. The van der Waals surface area contributed by atoms with Crippen molar-refractivity contribution in [2.24, 2.45) is 0 Å². The van der Waals surface area contributed by atoms with Gasteiger partial charge in [0.1, 0.15) is 0 Å². The zero-order chi connectivity index (χ0) is 13.1. The smallest absolute Gasteiger partial charge is 0.0472 e. The van der Waals surface area contributed by atoms with E-state index in [4.69, 9.17) is 0 Å². The Morgan fingerprint density at radius 2 is 1.72 bits per heavy atom. The number of benzene rings is 1. The van der Waals surface area contributed by atoms with Gasteiger partial charge in [-0.25, -0.2) is 0 Å². The zero-order valence-corrected chi connectivity index (χ0v) is 14.5. The Hall–Kier alpha value is -0.190. The van der Waals surface area contributed by atoms with Crippen LogP contribution in [0.2, 0.25) is 0 Å². The maximum Gasteiger partial charge on any atom is 0.0472 e. The monoisotopic (exact) mass is 431 g/mol. The summed E-state index contributed by atoms with van der Waals surface area (Å²) in [4.78, 5) is 4.32. The molecule has 2 rings (SSSR count). The molecule has 0 saturated heterocycles. The Kier molecular flexibility index (Phi) is 4.98. The zero-order valence-electron chi connectivity index (χ0n) is 9.78. The molecule has 0 aliphatic carbocycles. The van der Waals surface area contributed by atoms with Crippen molar-refractivity contribution in [2.45, 2.75) is 17.7 Å². The van der Waals surface area contributed by atoms with E-state index in [1.807, 2.05) is 12.4 Å². The van der Waals surface area contributed by atoms with Gasteiger partial charge in [0.2, 0.25) is 0 Å². The minimum Gasteiger partial charge on any atom is -0.265 e. The predicted molar refractivity (Wildman–Crippen MR) is 86.2 cm³/mol. The first-order chi connectivity index (χ1) is 8.59. The number of pyridine rings is 1. The molecule has 0 bridgehead atoms. The molecule has 0 aliphatic rings. The van der Waals surface area contributed by atoms with Gasteiger partial charge >= 0.3 is 0 Å². The fourth-order valence-corrected chi connectivity index (χ4v) is 4.14. The molecule has 2 unspecified atom stereocenters. The van der Waals surface area contributed by atoms with Crippen molar-refractivity contribution in [3.63, 3.8) is 0 Å². The largest absolute Gasteiger partial charge is 0.265 e. The van der Waals surface area contributed by atoms with E-state index in [1.165, 1.54) is 11.1 Å². The molecule has 0 amide bonds. The molecule has 18 heavy (non-hydrogen) atoms. The highest BCUT2D eigenvalue weighted by Crippen LogP contribution is 2.41. The van der Waals surface area contributed by atoms with Gasteiger partial charge in [-0.2, -0.15) is 0 Å². The highest BCUT2D eigenvalue weighted by molar-refractivity contribution is 9.11. The van der Waals surface area contributed by atoms with E-state index < -0.39 is 0 Å². The number of nitrogens with zero attached hydrogens (tertiary/aromatic N) is 1. The minimum atomic E-state index is 0.266. The summed E-state index contributed by atoms with van der Waals surface area (Å²) in [5.41, 5.74) is 2.53. The number of aromatic nitrogens is 1. The summed E-state index contributed by atoms with van der Waals surface area (Å²) in [5, 5.41) is 0. The first-order valence-corrected chi connectivity index (χ1v) is 8.08. The van der Waals surface area contributed by atoms with E-state index in [1.54, 1.807) is 0 Å². The number of hydrogen-bond acceptors (Lipinski definition) is 1. The molecule has 0 fully saturated rings. The van der Waals surface area contributed by atoms with Gasteiger partial charge in [-0.1, -0.05) is 60.8 Å². The van der Waals surface area contributed by atoms with Gasteiger partial charge in [-0.05, 0) is 41.3 Å². The van der Waals surface area contributed by atoms with Gasteiger partial charge in [0, 0.05) is 26.2 Å². The van der Waals surface area contributed by atoms with Crippen LogP contribution in [0.4, 0.5) is 0 Å². The highest BCUT2D eigenvalue weighted by atomic mass is 79.9. The third-order valence-corrected chi connectivity index (χ3v) is 5.40. The van der Waals surface area contributed by atoms with Crippen LogP contribution in [-0.2, 0) is 0 Å². The quantitative estimate of drug-likeness (QED) is 0.553. The maximum absolute atomic E-state index is 4.06. The van der Waals surface area contributed by atoms with E-state index in [0.717, 1.165) is 8.95 Å². The molecule has 1 aromatic heterocycles. The van der Waals surface area contributed by atoms with E-state index >= 15 is 0 Å². The van der Waals surface area contributed by atoms with Crippen molar-refractivity contribution in [1.29, 1.82) is 0 Å². The van der Waals surface area contributed by atoms with Crippen molar-refractivity contribution in [1.82, 2.24) is 4.98 Å². The van der Waals surface area contributed by atoms with Gasteiger partial charge in [-0.3, -0.25) is 4.98 Å². The normalized spacial score (nSPS) is 14.2. The summed E-state index contributed by atoms with van der Waals surface area (Å²) in [6.45, 7) is 2.21. The average Bonchev–Trinajstić information content (AvgIpc) is 2.38. The van der Waals surface area contributed by atoms with Crippen molar-refractivity contribution >= 4 is 47.8 Å². The fraction of sp³-hybridized carbons (Fsp3) is 0.214. The van der Waals surface area contributed by atoms with Crippen LogP contribution in [0.25, 0.3) is 0 Å². The molecule has 1 heterocycles. The second-order valence-electron chi connectivity index (χ2n) is 4.14. The lowest BCUT2D eigenvalue weighted by Crippen LogP contribution is -2.03. The van der Waals surface area contributed by atoms with Crippen LogP contribution in [0.15, 0.2) is 51.7 Å². The molecule has 0 saturated carbocycles. The lowest BCUT2D eigenvalue weighted by atomic mass is 9.94. The van der Waals surface area contributed by atoms with Gasteiger partial charge in [0.25, 0.3) is 0 Å². The van der Waals surface area contributed by atoms with Crippen molar-refractivity contribution in [3.05, 3.63) is 62.8 Å². The third kappa shape index (κ3) is 3.22. The number of halogens is 3. The molecule has 94 valence electrons. The van der Waals surface area contributed by atoms with Crippen LogP contribution in [0.5, 0.6) is 0 Å². The molecular formula is C14H12Br3N. The van der Waals surface area contributed by atoms with E-state index in [0.29, 0.717) is 5.92 Å². The summed E-state index contributed by atoms with van der Waals surface area (Å²) >= 11 is 10.9. The summed E-state index contributed by atoms with van der Waals surface area (Å²) in [7, 11) is 0. The van der Waals surface area contributed by atoms with Crippen LogP contribution in [0.3, 0.4) is 0 Å². The lowest BCUT2D eigenvalue weighted by Gasteiger charge is -2.20. The van der Waals surface area contributed by atoms with E-state index in [9.17, 15) is 0 Å². The molecule has 4 heteroatoms. The van der Waals surface area contributed by atoms with Crippen LogP contribution >= 0.6 is 47.8 Å². The predicted octanol–water partition coefficient (Wildman–Crippen LogP) is 5.85. The van der Waals surface area contributed by atoms with Gasteiger partial charge < -0.3 is 0 Å². The topological polar surface area (TPSA) is 12.9 Å². The Morgan fingerprint density at radius 3 is 2.33 bits per heavy atom. The standard InChI is InChI=1S/C14H12Br3N/c1-9(10-4-6-18-7-5-10)14(17)12-3-2-11(15)8-13(12)16/h2-9,14H,1H3. The summed E-state index contributed by atoms with van der Waals surface area (Å²) in [6.07, 6.45) is 3.67. The van der Waals surface area contributed by atoms with E-state index in [-0.39, 0.29) is 4.83 Å². The van der Waals surface area contributed by atoms with Crippen LogP contribution < -0.4 is 0 Å². The second-order valence-corrected chi connectivity index (χ2v) is 6.89. The molecule has 2 atom stereocenters. The second kappa shape index (κ2) is 6.31. The molecule has 2 aromatic rings. The Morgan fingerprint density at radius 1 is 1.06 bits per heavy atom. The molecule has 0 radical (unpaired) electrons. The van der Waals surface area contributed by atoms with Gasteiger partial charge in [0.15, 0.2) is 0 Å². The number of hydrogen-bond donors (Lipinski definition) is 0. The molecule has 1 nitrogen and oxygen atoms in total.